The summed E-state index contributed by atoms with van der Waals surface area (Å²) in [6.45, 7) is 5.00. The minimum Gasteiger partial charge on any atom is -0.497 e. The summed E-state index contributed by atoms with van der Waals surface area (Å²) in [6.07, 6.45) is 4.33. The van der Waals surface area contributed by atoms with E-state index in [1.54, 1.807) is 19.3 Å². The number of carbonyl (C=O) groups excluding carboxylic acids is 1. The lowest BCUT2D eigenvalue weighted by atomic mass is 10.1. The summed E-state index contributed by atoms with van der Waals surface area (Å²) in [5.74, 6) is 1.34. The standard InChI is InChI=1S/C15H21NO2/c1-12(2)9-10-16-15(17)8-7-13-5-4-6-14(11-13)18-3/h4-8,11-12H,9-10H2,1-3H3,(H,16,17)/b8-7+. The maximum atomic E-state index is 11.5. The molecule has 0 saturated heterocycles. The van der Waals surface area contributed by atoms with Crippen LogP contribution in [0.25, 0.3) is 6.08 Å². The van der Waals surface area contributed by atoms with E-state index < -0.39 is 0 Å². The highest BCUT2D eigenvalue weighted by Gasteiger charge is 1.97. The molecule has 0 spiro atoms. The summed E-state index contributed by atoms with van der Waals surface area (Å²) in [4.78, 5) is 11.5. The van der Waals surface area contributed by atoms with Gasteiger partial charge in [-0.25, -0.2) is 0 Å². The Hall–Kier alpha value is -1.77. The number of hydrogen-bond donors (Lipinski definition) is 1. The molecule has 0 heterocycles. The SMILES string of the molecule is COc1cccc(/C=C/C(=O)NCCC(C)C)c1. The Morgan fingerprint density at radius 2 is 2.22 bits per heavy atom. The van der Waals surface area contributed by atoms with Crippen molar-refractivity contribution in [1.29, 1.82) is 0 Å². The molecule has 0 bridgehead atoms. The summed E-state index contributed by atoms with van der Waals surface area (Å²) < 4.78 is 5.12. The fourth-order valence-corrected chi connectivity index (χ4v) is 1.46. The number of rotatable bonds is 6. The van der Waals surface area contributed by atoms with Crippen molar-refractivity contribution < 1.29 is 9.53 Å². The average Bonchev–Trinajstić information content (AvgIpc) is 2.36. The summed E-state index contributed by atoms with van der Waals surface area (Å²) in [5.41, 5.74) is 0.952. The number of ether oxygens (including phenoxy) is 1. The Labute approximate surface area is 109 Å². The van der Waals surface area contributed by atoms with E-state index in [1.807, 2.05) is 24.3 Å². The van der Waals surface area contributed by atoms with E-state index in [-0.39, 0.29) is 5.91 Å². The Morgan fingerprint density at radius 1 is 1.44 bits per heavy atom. The van der Waals surface area contributed by atoms with Gasteiger partial charge in [-0.2, -0.15) is 0 Å². The molecule has 1 aromatic rings. The van der Waals surface area contributed by atoms with Crippen LogP contribution in [-0.2, 0) is 4.79 Å². The number of carbonyl (C=O) groups is 1. The minimum absolute atomic E-state index is 0.0570. The monoisotopic (exact) mass is 247 g/mol. The molecule has 0 aliphatic carbocycles. The Bertz CT molecular complexity index is 411. The zero-order valence-corrected chi connectivity index (χ0v) is 11.3. The van der Waals surface area contributed by atoms with Gasteiger partial charge < -0.3 is 10.1 Å². The van der Waals surface area contributed by atoms with Crippen LogP contribution in [0.4, 0.5) is 0 Å². The van der Waals surface area contributed by atoms with Gasteiger partial charge in [0.2, 0.25) is 5.91 Å². The fraction of sp³-hybridized carbons (Fsp3) is 0.400. The van der Waals surface area contributed by atoms with Gasteiger partial charge in [-0.3, -0.25) is 4.79 Å². The van der Waals surface area contributed by atoms with Crippen molar-refractivity contribution in [3.8, 4) is 5.75 Å². The van der Waals surface area contributed by atoms with Crippen LogP contribution in [0, 0.1) is 5.92 Å². The molecule has 1 N–H and O–H groups in total. The highest BCUT2D eigenvalue weighted by atomic mass is 16.5. The Balaban J connectivity index is 2.45. The predicted molar refractivity (Wildman–Crippen MR) is 74.5 cm³/mol. The average molecular weight is 247 g/mol. The molecule has 98 valence electrons. The van der Waals surface area contributed by atoms with Crippen molar-refractivity contribution in [2.24, 2.45) is 5.92 Å². The van der Waals surface area contributed by atoms with Crippen molar-refractivity contribution in [2.45, 2.75) is 20.3 Å². The third-order valence-electron chi connectivity index (χ3n) is 2.54. The first kappa shape index (κ1) is 14.3. The van der Waals surface area contributed by atoms with Gasteiger partial charge in [0.25, 0.3) is 0 Å². The Kier molecular flexibility index (Phi) is 5.98. The smallest absolute Gasteiger partial charge is 0.243 e. The number of methoxy groups -OCH3 is 1. The summed E-state index contributed by atoms with van der Waals surface area (Å²) in [6, 6.07) is 7.59. The van der Waals surface area contributed by atoms with Crippen LogP contribution in [-0.4, -0.2) is 19.6 Å². The number of hydrogen-bond acceptors (Lipinski definition) is 2. The molecule has 1 aromatic carbocycles. The Morgan fingerprint density at radius 3 is 2.89 bits per heavy atom. The van der Waals surface area contributed by atoms with Crippen molar-refractivity contribution >= 4 is 12.0 Å². The number of benzene rings is 1. The molecule has 3 heteroatoms. The van der Waals surface area contributed by atoms with E-state index in [4.69, 9.17) is 4.74 Å². The number of amides is 1. The maximum absolute atomic E-state index is 11.5. The molecule has 0 aliphatic rings. The van der Waals surface area contributed by atoms with Gasteiger partial charge in [0.1, 0.15) is 5.75 Å². The highest BCUT2D eigenvalue weighted by Crippen LogP contribution is 2.13. The predicted octanol–water partition coefficient (Wildman–Crippen LogP) is 2.87. The molecule has 18 heavy (non-hydrogen) atoms. The van der Waals surface area contributed by atoms with Gasteiger partial charge in [0.15, 0.2) is 0 Å². The lowest BCUT2D eigenvalue weighted by Crippen LogP contribution is -2.23. The zero-order valence-electron chi connectivity index (χ0n) is 11.3. The van der Waals surface area contributed by atoms with Crippen LogP contribution < -0.4 is 10.1 Å². The van der Waals surface area contributed by atoms with Crippen LogP contribution >= 0.6 is 0 Å². The molecular formula is C15H21NO2. The van der Waals surface area contributed by atoms with Crippen molar-refractivity contribution in [2.75, 3.05) is 13.7 Å². The van der Waals surface area contributed by atoms with Gasteiger partial charge >= 0.3 is 0 Å². The normalized spacial score (nSPS) is 10.9. The van der Waals surface area contributed by atoms with Gasteiger partial charge in [-0.05, 0) is 36.1 Å². The molecule has 0 atom stereocenters. The molecule has 0 aliphatic heterocycles. The molecule has 0 fully saturated rings. The summed E-state index contributed by atoms with van der Waals surface area (Å²) in [7, 11) is 1.63. The van der Waals surface area contributed by atoms with E-state index in [9.17, 15) is 4.79 Å². The first-order valence-corrected chi connectivity index (χ1v) is 6.22. The molecule has 1 rings (SSSR count). The van der Waals surface area contributed by atoms with Crippen molar-refractivity contribution in [3.63, 3.8) is 0 Å². The summed E-state index contributed by atoms with van der Waals surface area (Å²) >= 11 is 0. The van der Waals surface area contributed by atoms with E-state index in [0.29, 0.717) is 5.92 Å². The van der Waals surface area contributed by atoms with Crippen LogP contribution in [0.2, 0.25) is 0 Å². The molecule has 1 amide bonds. The second kappa shape index (κ2) is 7.54. The zero-order chi connectivity index (χ0) is 13.4. The van der Waals surface area contributed by atoms with Gasteiger partial charge in [0, 0.05) is 12.6 Å². The van der Waals surface area contributed by atoms with Crippen LogP contribution in [0.5, 0.6) is 5.75 Å². The third kappa shape index (κ3) is 5.53. The van der Waals surface area contributed by atoms with E-state index in [0.717, 1.165) is 24.3 Å². The molecule has 3 nitrogen and oxygen atoms in total. The minimum atomic E-state index is -0.0570. The molecule has 0 saturated carbocycles. The first-order chi connectivity index (χ1) is 8.61. The second-order valence-electron chi connectivity index (χ2n) is 4.58. The van der Waals surface area contributed by atoms with Crippen LogP contribution in [0.15, 0.2) is 30.3 Å². The molecule has 0 unspecified atom stereocenters. The third-order valence-corrected chi connectivity index (χ3v) is 2.54. The fourth-order valence-electron chi connectivity index (χ4n) is 1.46. The van der Waals surface area contributed by atoms with Crippen LogP contribution in [0.3, 0.4) is 0 Å². The lowest BCUT2D eigenvalue weighted by Gasteiger charge is -2.04. The van der Waals surface area contributed by atoms with Gasteiger partial charge in [-0.15, -0.1) is 0 Å². The second-order valence-corrected chi connectivity index (χ2v) is 4.58. The molecule has 0 radical (unpaired) electrons. The quantitative estimate of drug-likeness (QED) is 0.785. The van der Waals surface area contributed by atoms with Gasteiger partial charge in [-0.1, -0.05) is 26.0 Å². The van der Waals surface area contributed by atoms with E-state index in [1.165, 1.54) is 0 Å². The lowest BCUT2D eigenvalue weighted by molar-refractivity contribution is -0.116. The topological polar surface area (TPSA) is 38.3 Å². The van der Waals surface area contributed by atoms with E-state index >= 15 is 0 Å². The van der Waals surface area contributed by atoms with E-state index in [2.05, 4.69) is 19.2 Å². The molecular weight excluding hydrogens is 226 g/mol. The maximum Gasteiger partial charge on any atom is 0.243 e. The summed E-state index contributed by atoms with van der Waals surface area (Å²) in [5, 5.41) is 2.86. The van der Waals surface area contributed by atoms with Gasteiger partial charge in [0.05, 0.1) is 7.11 Å². The first-order valence-electron chi connectivity index (χ1n) is 6.22. The molecule has 0 aromatic heterocycles. The number of nitrogens with one attached hydrogen (secondary N) is 1. The van der Waals surface area contributed by atoms with Crippen LogP contribution in [0.1, 0.15) is 25.8 Å². The highest BCUT2D eigenvalue weighted by molar-refractivity contribution is 5.91. The largest absolute Gasteiger partial charge is 0.497 e. The van der Waals surface area contributed by atoms with Crippen molar-refractivity contribution in [3.05, 3.63) is 35.9 Å². The van der Waals surface area contributed by atoms with Crippen molar-refractivity contribution in [1.82, 2.24) is 5.32 Å².